The highest BCUT2D eigenvalue weighted by molar-refractivity contribution is 6.34. The predicted octanol–water partition coefficient (Wildman–Crippen LogP) is 3.22. The van der Waals surface area contributed by atoms with E-state index in [1.54, 1.807) is 12.1 Å². The average molecular weight is 378 g/mol. The van der Waals surface area contributed by atoms with E-state index in [0.717, 1.165) is 18.4 Å². The molecular weight excluding hydrogens is 364 g/mol. The molecule has 1 radical (unpaired) electrons. The number of hydrogen-bond donors (Lipinski definition) is 2. The average Bonchev–Trinajstić information content (AvgIpc) is 3.39. The van der Waals surface area contributed by atoms with Crippen molar-refractivity contribution in [2.75, 3.05) is 10.6 Å². The molecule has 0 atom stereocenters. The Balaban J connectivity index is 1.80. The minimum absolute atomic E-state index is 0.243. The highest BCUT2D eigenvalue weighted by Gasteiger charge is 2.24. The van der Waals surface area contributed by atoms with Gasteiger partial charge in [-0.05, 0) is 43.9 Å². The van der Waals surface area contributed by atoms with Gasteiger partial charge in [-0.3, -0.25) is 0 Å². The van der Waals surface area contributed by atoms with Crippen molar-refractivity contribution in [3.8, 4) is 12.1 Å². The van der Waals surface area contributed by atoms with Gasteiger partial charge in [0.1, 0.15) is 6.07 Å². The molecule has 0 amide bonds. The third-order valence-electron chi connectivity index (χ3n) is 4.19. The van der Waals surface area contributed by atoms with Crippen LogP contribution in [-0.2, 0) is 6.42 Å². The fourth-order valence-electron chi connectivity index (χ4n) is 2.67. The van der Waals surface area contributed by atoms with Crippen molar-refractivity contribution in [1.82, 2.24) is 19.6 Å². The van der Waals surface area contributed by atoms with Crippen LogP contribution in [0.5, 0.6) is 0 Å². The zero-order chi connectivity index (χ0) is 19.0. The third-order valence-corrected chi connectivity index (χ3v) is 4.63. The lowest BCUT2D eigenvalue weighted by Gasteiger charge is -2.13. The zero-order valence-corrected chi connectivity index (χ0v) is 15.0. The highest BCUT2D eigenvalue weighted by Crippen LogP contribution is 2.31. The van der Waals surface area contributed by atoms with Gasteiger partial charge in [0.15, 0.2) is 17.2 Å². The molecule has 0 bridgehead atoms. The van der Waals surface area contributed by atoms with Crippen LogP contribution in [0.4, 0.5) is 17.5 Å². The normalized spacial score (nSPS) is 13.2. The summed E-state index contributed by atoms with van der Waals surface area (Å²) in [5, 5.41) is 29.7. The number of nitriles is 2. The van der Waals surface area contributed by atoms with Crippen molar-refractivity contribution in [3.63, 3.8) is 0 Å². The van der Waals surface area contributed by atoms with Gasteiger partial charge in [0.05, 0.1) is 28.5 Å². The first-order valence-corrected chi connectivity index (χ1v) is 8.72. The molecule has 9 heteroatoms. The van der Waals surface area contributed by atoms with Crippen molar-refractivity contribution in [3.05, 3.63) is 47.1 Å². The van der Waals surface area contributed by atoms with Gasteiger partial charge in [0.25, 0.3) is 0 Å². The van der Waals surface area contributed by atoms with Gasteiger partial charge in [-0.2, -0.15) is 20.0 Å². The summed E-state index contributed by atoms with van der Waals surface area (Å²) in [6, 6.07) is 7.85. The van der Waals surface area contributed by atoms with E-state index in [9.17, 15) is 10.5 Å². The number of benzene rings is 1. The maximum Gasteiger partial charge on any atom is 0.247 e. The number of nitrogens with one attached hydrogen (secondary N) is 2. The number of anilines is 3. The fourth-order valence-corrected chi connectivity index (χ4v) is 2.92. The number of hydrogen-bond acceptors (Lipinski definition) is 7. The first-order chi connectivity index (χ1) is 13.1. The Hall–Kier alpha value is -3.36. The predicted molar refractivity (Wildman–Crippen MR) is 101 cm³/mol. The summed E-state index contributed by atoms with van der Waals surface area (Å²) in [6.07, 6.45) is 4.02. The van der Waals surface area contributed by atoms with Crippen LogP contribution in [0.3, 0.4) is 0 Å². The molecule has 1 saturated carbocycles. The Morgan fingerprint density at radius 1 is 1.30 bits per heavy atom. The Morgan fingerprint density at radius 3 is 2.78 bits per heavy atom. The molecule has 2 heterocycles. The summed E-state index contributed by atoms with van der Waals surface area (Å²) in [5.41, 5.74) is 2.49. The summed E-state index contributed by atoms with van der Waals surface area (Å²) in [6.45, 7) is 3.84. The lowest BCUT2D eigenvalue weighted by molar-refractivity contribution is 0.891. The zero-order valence-electron chi connectivity index (χ0n) is 14.2. The largest absolute Gasteiger partial charge is 0.364 e. The second-order valence-electron chi connectivity index (χ2n) is 6.18. The quantitative estimate of drug-likeness (QED) is 0.701. The molecule has 4 rings (SSSR count). The van der Waals surface area contributed by atoms with Crippen LogP contribution in [0.25, 0.3) is 5.65 Å². The van der Waals surface area contributed by atoms with Gasteiger partial charge < -0.3 is 10.6 Å². The Morgan fingerprint density at radius 2 is 2.11 bits per heavy atom. The van der Waals surface area contributed by atoms with Gasteiger partial charge in [-0.25, -0.2) is 4.98 Å². The van der Waals surface area contributed by atoms with E-state index in [0.29, 0.717) is 45.9 Å². The number of nitrogens with zero attached hydrogens (tertiary/aromatic N) is 6. The van der Waals surface area contributed by atoms with Gasteiger partial charge >= 0.3 is 0 Å². The molecule has 2 aromatic heterocycles. The molecule has 1 fully saturated rings. The van der Waals surface area contributed by atoms with E-state index in [1.807, 2.05) is 0 Å². The molecule has 1 aliphatic carbocycles. The van der Waals surface area contributed by atoms with Gasteiger partial charge in [0.2, 0.25) is 5.95 Å². The van der Waals surface area contributed by atoms with Gasteiger partial charge in [-0.15, -0.1) is 5.10 Å². The second-order valence-corrected chi connectivity index (χ2v) is 6.55. The van der Waals surface area contributed by atoms with E-state index in [2.05, 4.69) is 44.8 Å². The first kappa shape index (κ1) is 17.1. The summed E-state index contributed by atoms with van der Waals surface area (Å²) in [4.78, 5) is 8.73. The van der Waals surface area contributed by atoms with Crippen LogP contribution in [0.1, 0.15) is 29.7 Å². The van der Waals surface area contributed by atoms with E-state index < -0.39 is 0 Å². The highest BCUT2D eigenvalue weighted by atomic mass is 35.5. The number of halogens is 1. The maximum atomic E-state index is 9.29. The molecule has 133 valence electrons. The SMILES string of the molecule is [CH2]Cc1cc(C#N)cc(Nc2nc(NC3CC3)c3ncc(C#N)n3n2)c1Cl. The van der Waals surface area contributed by atoms with Crippen LogP contribution < -0.4 is 10.6 Å². The van der Waals surface area contributed by atoms with Crippen molar-refractivity contribution < 1.29 is 0 Å². The monoisotopic (exact) mass is 377 g/mol. The summed E-state index contributed by atoms with van der Waals surface area (Å²) >= 11 is 6.42. The van der Waals surface area contributed by atoms with Crippen molar-refractivity contribution in [2.24, 2.45) is 0 Å². The molecule has 3 aromatic rings. The fraction of sp³-hybridized carbons (Fsp3) is 0.222. The molecule has 0 unspecified atom stereocenters. The smallest absolute Gasteiger partial charge is 0.247 e. The standard InChI is InChI=1S/C18H14ClN8/c1-2-11-5-10(7-20)6-14(15(11)19)24-18-25-16(23-12-3-4-12)17-22-9-13(8-21)27(17)26-18/h5-6,9,12H,1-4H2,(H2,23,24,25,26). The Bertz CT molecular complexity index is 1120. The molecule has 1 aliphatic rings. The van der Waals surface area contributed by atoms with Crippen molar-refractivity contribution >= 4 is 34.7 Å². The third kappa shape index (κ3) is 3.23. The van der Waals surface area contributed by atoms with E-state index in [-0.39, 0.29) is 5.95 Å². The van der Waals surface area contributed by atoms with Crippen LogP contribution in [0.15, 0.2) is 18.3 Å². The second kappa shape index (κ2) is 6.75. The summed E-state index contributed by atoms with van der Waals surface area (Å²) in [5.74, 6) is 0.786. The van der Waals surface area contributed by atoms with E-state index in [1.165, 1.54) is 10.7 Å². The lowest BCUT2D eigenvalue weighted by Crippen LogP contribution is -2.11. The van der Waals surface area contributed by atoms with Crippen LogP contribution in [-0.4, -0.2) is 25.6 Å². The van der Waals surface area contributed by atoms with Crippen LogP contribution in [0, 0.1) is 29.6 Å². The molecule has 27 heavy (non-hydrogen) atoms. The maximum absolute atomic E-state index is 9.29. The number of rotatable bonds is 5. The molecule has 0 saturated heterocycles. The lowest BCUT2D eigenvalue weighted by atomic mass is 10.1. The van der Waals surface area contributed by atoms with Crippen molar-refractivity contribution in [2.45, 2.75) is 25.3 Å². The van der Waals surface area contributed by atoms with Crippen LogP contribution >= 0.6 is 11.6 Å². The summed E-state index contributed by atoms with van der Waals surface area (Å²) < 4.78 is 1.43. The molecule has 0 spiro atoms. The minimum Gasteiger partial charge on any atom is -0.364 e. The molecule has 8 nitrogen and oxygen atoms in total. The molecule has 2 N–H and O–H groups in total. The summed E-state index contributed by atoms with van der Waals surface area (Å²) in [7, 11) is 0. The molecular formula is C18H14ClN8. The van der Waals surface area contributed by atoms with Gasteiger partial charge in [-0.1, -0.05) is 11.6 Å². The molecule has 0 aliphatic heterocycles. The Labute approximate surface area is 160 Å². The van der Waals surface area contributed by atoms with Crippen LogP contribution in [0.2, 0.25) is 5.02 Å². The molecule has 1 aromatic carbocycles. The van der Waals surface area contributed by atoms with E-state index >= 15 is 0 Å². The number of fused-ring (bicyclic) bond motifs is 1. The van der Waals surface area contributed by atoms with Gasteiger partial charge in [0, 0.05) is 6.04 Å². The number of aromatic nitrogens is 4. The van der Waals surface area contributed by atoms with Crippen molar-refractivity contribution in [1.29, 1.82) is 10.5 Å². The number of imidazole rings is 1. The minimum atomic E-state index is 0.243. The van der Waals surface area contributed by atoms with E-state index in [4.69, 9.17) is 11.6 Å². The Kier molecular flexibility index (Phi) is 4.27. The topological polar surface area (TPSA) is 115 Å². The first-order valence-electron chi connectivity index (χ1n) is 8.34.